The van der Waals surface area contributed by atoms with Crippen LogP contribution >= 0.6 is 0 Å². The number of benzene rings is 1. The normalized spacial score (nSPS) is 11.9. The van der Waals surface area contributed by atoms with Crippen LogP contribution in [0.1, 0.15) is 29.3 Å². The Morgan fingerprint density at radius 1 is 1.41 bits per heavy atom. The van der Waals surface area contributed by atoms with Gasteiger partial charge in [0, 0.05) is 12.1 Å². The minimum absolute atomic E-state index is 0.244. The molecule has 5 heteroatoms. The fourth-order valence-corrected chi connectivity index (χ4v) is 1.49. The van der Waals surface area contributed by atoms with Crippen LogP contribution in [0, 0.1) is 0 Å². The second-order valence-corrected chi connectivity index (χ2v) is 3.63. The summed E-state index contributed by atoms with van der Waals surface area (Å²) in [4.78, 5) is 22.7. The monoisotopic (exact) mass is 236 g/mol. The van der Waals surface area contributed by atoms with Crippen LogP contribution in [0.25, 0.3) is 0 Å². The summed E-state index contributed by atoms with van der Waals surface area (Å²) in [5, 5.41) is 11.3. The minimum atomic E-state index is -1.04. The van der Waals surface area contributed by atoms with Gasteiger partial charge in [-0.05, 0) is 18.1 Å². The van der Waals surface area contributed by atoms with Crippen molar-refractivity contribution in [1.82, 2.24) is 5.32 Å². The molecule has 1 aromatic rings. The Labute approximate surface area is 99.6 Å². The summed E-state index contributed by atoms with van der Waals surface area (Å²) < 4.78 is 0. The second kappa shape index (κ2) is 6.00. The number of aliphatic carboxylic acids is 1. The summed E-state index contributed by atoms with van der Waals surface area (Å²) in [5.74, 6) is -1.44. The Kier molecular flexibility index (Phi) is 4.66. The molecule has 0 saturated heterocycles. The summed E-state index contributed by atoms with van der Waals surface area (Å²) in [6.45, 7) is 1.95. The minimum Gasteiger partial charge on any atom is -0.480 e. The molecule has 5 nitrogen and oxygen atoms in total. The molecule has 0 radical (unpaired) electrons. The molecule has 0 aliphatic rings. The number of carboxylic acid groups (broad SMARTS) is 1. The number of carboxylic acids is 1. The molecule has 4 N–H and O–H groups in total. The third-order valence-electron chi connectivity index (χ3n) is 2.49. The Morgan fingerprint density at radius 2 is 2.06 bits per heavy atom. The largest absolute Gasteiger partial charge is 0.480 e. The number of nitrogens with two attached hydrogens (primary N) is 1. The molecule has 1 aromatic carbocycles. The molecule has 0 heterocycles. The molecule has 0 aromatic heterocycles. The van der Waals surface area contributed by atoms with E-state index in [0.29, 0.717) is 17.5 Å². The van der Waals surface area contributed by atoms with Crippen molar-refractivity contribution >= 4 is 11.9 Å². The molecule has 92 valence electrons. The van der Waals surface area contributed by atoms with Gasteiger partial charge in [0.2, 0.25) is 0 Å². The van der Waals surface area contributed by atoms with Crippen LogP contribution in [-0.2, 0) is 11.3 Å². The van der Waals surface area contributed by atoms with E-state index in [1.54, 1.807) is 31.2 Å². The van der Waals surface area contributed by atoms with Crippen molar-refractivity contribution in [2.75, 3.05) is 0 Å². The fraction of sp³-hybridized carbons (Fsp3) is 0.333. The number of carbonyl (C=O) groups is 2. The fourth-order valence-electron chi connectivity index (χ4n) is 1.49. The lowest BCUT2D eigenvalue weighted by molar-refractivity contribution is -0.139. The van der Waals surface area contributed by atoms with Crippen LogP contribution in [-0.4, -0.2) is 23.0 Å². The Bertz CT molecular complexity index is 418. The molecule has 0 aliphatic carbocycles. The molecule has 0 aliphatic heterocycles. The maximum atomic E-state index is 11.9. The summed E-state index contributed by atoms with van der Waals surface area (Å²) in [7, 11) is 0. The highest BCUT2D eigenvalue weighted by Gasteiger charge is 2.19. The van der Waals surface area contributed by atoms with E-state index in [2.05, 4.69) is 5.32 Å². The number of amides is 1. The van der Waals surface area contributed by atoms with E-state index in [1.165, 1.54) is 0 Å². The van der Waals surface area contributed by atoms with E-state index in [-0.39, 0.29) is 6.54 Å². The lowest BCUT2D eigenvalue weighted by Gasteiger charge is -2.13. The number of hydrogen-bond acceptors (Lipinski definition) is 3. The molecule has 1 amide bonds. The van der Waals surface area contributed by atoms with Crippen molar-refractivity contribution in [2.24, 2.45) is 5.73 Å². The van der Waals surface area contributed by atoms with Crippen LogP contribution < -0.4 is 11.1 Å². The average molecular weight is 236 g/mol. The third kappa shape index (κ3) is 3.29. The van der Waals surface area contributed by atoms with Crippen molar-refractivity contribution in [3.05, 3.63) is 35.4 Å². The molecule has 0 saturated carbocycles. The average Bonchev–Trinajstić information content (AvgIpc) is 2.35. The SMILES string of the molecule is CCC(NC(=O)c1ccccc1CN)C(=O)O. The first kappa shape index (κ1) is 13.2. The number of nitrogens with one attached hydrogen (secondary N) is 1. The summed E-state index contributed by atoms with van der Waals surface area (Å²) in [5.41, 5.74) is 6.64. The summed E-state index contributed by atoms with van der Waals surface area (Å²) in [6.07, 6.45) is 0.339. The topological polar surface area (TPSA) is 92.4 Å². The van der Waals surface area contributed by atoms with Gasteiger partial charge < -0.3 is 16.2 Å². The Hall–Kier alpha value is -1.88. The van der Waals surface area contributed by atoms with Crippen molar-refractivity contribution < 1.29 is 14.7 Å². The van der Waals surface area contributed by atoms with E-state index >= 15 is 0 Å². The second-order valence-electron chi connectivity index (χ2n) is 3.63. The van der Waals surface area contributed by atoms with Crippen LogP contribution in [0.15, 0.2) is 24.3 Å². The van der Waals surface area contributed by atoms with Gasteiger partial charge in [0.25, 0.3) is 5.91 Å². The quantitative estimate of drug-likeness (QED) is 0.703. The Balaban J connectivity index is 2.86. The molecule has 17 heavy (non-hydrogen) atoms. The molecule has 1 atom stereocenters. The predicted octanol–water partition coefficient (Wildman–Crippen LogP) is 0.738. The molecule has 1 unspecified atom stereocenters. The van der Waals surface area contributed by atoms with Gasteiger partial charge in [0.05, 0.1) is 0 Å². The van der Waals surface area contributed by atoms with Gasteiger partial charge in [-0.1, -0.05) is 25.1 Å². The van der Waals surface area contributed by atoms with E-state index < -0.39 is 17.9 Å². The van der Waals surface area contributed by atoms with E-state index in [9.17, 15) is 9.59 Å². The van der Waals surface area contributed by atoms with E-state index in [4.69, 9.17) is 10.8 Å². The van der Waals surface area contributed by atoms with E-state index in [0.717, 1.165) is 0 Å². The van der Waals surface area contributed by atoms with Crippen LogP contribution in [0.5, 0.6) is 0 Å². The Morgan fingerprint density at radius 3 is 2.59 bits per heavy atom. The highest BCUT2D eigenvalue weighted by molar-refractivity contribution is 5.97. The van der Waals surface area contributed by atoms with Gasteiger partial charge in [-0.3, -0.25) is 4.79 Å². The van der Waals surface area contributed by atoms with Gasteiger partial charge in [-0.15, -0.1) is 0 Å². The molecular formula is C12H16N2O3. The van der Waals surface area contributed by atoms with Crippen molar-refractivity contribution in [3.63, 3.8) is 0 Å². The smallest absolute Gasteiger partial charge is 0.326 e. The molecular weight excluding hydrogens is 220 g/mol. The number of hydrogen-bond donors (Lipinski definition) is 3. The third-order valence-corrected chi connectivity index (χ3v) is 2.49. The molecule has 1 rings (SSSR count). The zero-order valence-electron chi connectivity index (χ0n) is 9.64. The maximum absolute atomic E-state index is 11.9. The van der Waals surface area contributed by atoms with Crippen molar-refractivity contribution in [1.29, 1.82) is 0 Å². The van der Waals surface area contributed by atoms with Gasteiger partial charge >= 0.3 is 5.97 Å². The van der Waals surface area contributed by atoms with Crippen molar-refractivity contribution in [2.45, 2.75) is 25.9 Å². The van der Waals surface area contributed by atoms with Gasteiger partial charge in [0.1, 0.15) is 6.04 Å². The van der Waals surface area contributed by atoms with Gasteiger partial charge in [-0.2, -0.15) is 0 Å². The van der Waals surface area contributed by atoms with Crippen LogP contribution in [0.3, 0.4) is 0 Å². The first-order chi connectivity index (χ1) is 8.10. The van der Waals surface area contributed by atoms with Gasteiger partial charge in [-0.25, -0.2) is 4.79 Å². The van der Waals surface area contributed by atoms with Crippen LogP contribution in [0.4, 0.5) is 0 Å². The summed E-state index contributed by atoms with van der Waals surface area (Å²) in [6, 6.07) is 6.01. The zero-order valence-corrected chi connectivity index (χ0v) is 9.64. The van der Waals surface area contributed by atoms with Crippen LogP contribution in [0.2, 0.25) is 0 Å². The van der Waals surface area contributed by atoms with E-state index in [1.807, 2.05) is 0 Å². The molecule has 0 bridgehead atoms. The predicted molar refractivity (Wildman–Crippen MR) is 63.5 cm³/mol. The zero-order chi connectivity index (χ0) is 12.8. The highest BCUT2D eigenvalue weighted by Crippen LogP contribution is 2.08. The number of carbonyl (C=O) groups excluding carboxylic acids is 1. The standard InChI is InChI=1S/C12H16N2O3/c1-2-10(12(16)17)14-11(15)9-6-4-3-5-8(9)7-13/h3-6,10H,2,7,13H2,1H3,(H,14,15)(H,16,17). The summed E-state index contributed by atoms with van der Waals surface area (Å²) >= 11 is 0. The highest BCUT2D eigenvalue weighted by atomic mass is 16.4. The lowest BCUT2D eigenvalue weighted by atomic mass is 10.1. The first-order valence-electron chi connectivity index (χ1n) is 5.41. The number of rotatable bonds is 5. The van der Waals surface area contributed by atoms with Gasteiger partial charge in [0.15, 0.2) is 0 Å². The maximum Gasteiger partial charge on any atom is 0.326 e. The van der Waals surface area contributed by atoms with Crippen molar-refractivity contribution in [3.8, 4) is 0 Å². The lowest BCUT2D eigenvalue weighted by Crippen LogP contribution is -2.40. The first-order valence-corrected chi connectivity index (χ1v) is 5.41. The molecule has 0 spiro atoms. The molecule has 0 fully saturated rings.